The summed E-state index contributed by atoms with van der Waals surface area (Å²) in [5, 5.41) is 7.61. The largest absolute Gasteiger partial charge is 0.354 e. The third-order valence-corrected chi connectivity index (χ3v) is 5.90. The van der Waals surface area contributed by atoms with Gasteiger partial charge in [0, 0.05) is 24.8 Å². The van der Waals surface area contributed by atoms with Gasteiger partial charge < -0.3 is 10.2 Å². The van der Waals surface area contributed by atoms with Crippen molar-refractivity contribution in [1.82, 2.24) is 9.78 Å². The van der Waals surface area contributed by atoms with Crippen LogP contribution in [0, 0.1) is 32.5 Å². The number of aromatic nitrogens is 2. The Hall–Kier alpha value is -3.48. The van der Waals surface area contributed by atoms with Crippen LogP contribution in [0.25, 0.3) is 5.69 Å². The number of nitrogens with one attached hydrogen (secondary N) is 1. The van der Waals surface area contributed by atoms with E-state index in [1.165, 1.54) is 40.6 Å². The smallest absolute Gasteiger partial charge is 0.271 e. The molecule has 1 atom stereocenters. The number of aryl methyl sites for hydroxylation is 3. The maximum absolute atomic E-state index is 13.3. The van der Waals surface area contributed by atoms with E-state index in [1.54, 1.807) is 6.07 Å². The van der Waals surface area contributed by atoms with Crippen molar-refractivity contribution in [3.05, 3.63) is 81.4 Å². The Morgan fingerprint density at radius 1 is 1.06 bits per heavy atom. The molecule has 6 nitrogen and oxygen atoms in total. The molecule has 1 amide bonds. The zero-order valence-corrected chi connectivity index (χ0v) is 18.6. The van der Waals surface area contributed by atoms with E-state index in [2.05, 4.69) is 22.5 Å². The summed E-state index contributed by atoms with van der Waals surface area (Å²) in [4.78, 5) is 27.4. The summed E-state index contributed by atoms with van der Waals surface area (Å²) in [5.74, 6) is 0.0597. The molecule has 7 heteroatoms. The number of nitrogens with zero attached hydrogens (tertiary/aromatic N) is 3. The second-order valence-corrected chi connectivity index (χ2v) is 8.47. The van der Waals surface area contributed by atoms with Crippen LogP contribution in [0.15, 0.2) is 53.3 Å². The quantitative estimate of drug-likeness (QED) is 0.670. The first kappa shape index (κ1) is 21.7. The van der Waals surface area contributed by atoms with Crippen molar-refractivity contribution in [3.8, 4) is 5.69 Å². The monoisotopic (exact) mass is 434 g/mol. The summed E-state index contributed by atoms with van der Waals surface area (Å²) in [7, 11) is 0. The zero-order valence-electron chi connectivity index (χ0n) is 18.6. The van der Waals surface area contributed by atoms with Crippen LogP contribution in [0.4, 0.5) is 15.9 Å². The van der Waals surface area contributed by atoms with E-state index in [1.807, 2.05) is 25.7 Å². The molecule has 0 saturated carbocycles. The van der Waals surface area contributed by atoms with Gasteiger partial charge in [0.05, 0.1) is 11.6 Å². The van der Waals surface area contributed by atoms with E-state index < -0.39 is 0 Å². The Labute approximate surface area is 186 Å². The van der Waals surface area contributed by atoms with Gasteiger partial charge in [0.2, 0.25) is 5.91 Å². The molecular formula is C25H27FN4O2. The zero-order chi connectivity index (χ0) is 22.8. The third kappa shape index (κ3) is 4.56. The van der Waals surface area contributed by atoms with Gasteiger partial charge in [-0.2, -0.15) is 4.68 Å². The lowest BCUT2D eigenvalue weighted by Gasteiger charge is -2.33. The summed E-state index contributed by atoms with van der Waals surface area (Å²) in [5.41, 5.74) is 4.35. The number of benzene rings is 2. The fourth-order valence-corrected chi connectivity index (χ4v) is 4.34. The molecule has 1 N–H and O–H groups in total. The van der Waals surface area contributed by atoms with Crippen molar-refractivity contribution in [2.45, 2.75) is 33.6 Å². The Kier molecular flexibility index (Phi) is 6.08. The second kappa shape index (κ2) is 8.94. The molecule has 0 radical (unpaired) electrons. The van der Waals surface area contributed by atoms with Crippen molar-refractivity contribution in [2.24, 2.45) is 5.92 Å². The van der Waals surface area contributed by atoms with Crippen LogP contribution in [-0.4, -0.2) is 28.8 Å². The first-order valence-electron chi connectivity index (χ1n) is 10.8. The van der Waals surface area contributed by atoms with Crippen LogP contribution in [0.1, 0.15) is 29.5 Å². The Morgan fingerprint density at radius 2 is 1.75 bits per heavy atom. The van der Waals surface area contributed by atoms with Gasteiger partial charge in [-0.1, -0.05) is 17.7 Å². The summed E-state index contributed by atoms with van der Waals surface area (Å²) in [6.07, 6.45) is 1.64. The molecule has 32 heavy (non-hydrogen) atoms. The minimum Gasteiger partial charge on any atom is -0.354 e. The number of anilines is 2. The van der Waals surface area contributed by atoms with Crippen LogP contribution in [0.5, 0.6) is 0 Å². The highest BCUT2D eigenvalue weighted by Crippen LogP contribution is 2.26. The fourth-order valence-electron chi connectivity index (χ4n) is 4.34. The molecule has 3 aromatic rings. The average Bonchev–Trinajstić information content (AvgIpc) is 2.77. The highest BCUT2D eigenvalue weighted by molar-refractivity contribution is 5.94. The summed E-state index contributed by atoms with van der Waals surface area (Å²) < 4.78 is 14.5. The first-order valence-corrected chi connectivity index (χ1v) is 10.8. The molecule has 1 unspecified atom stereocenters. The van der Waals surface area contributed by atoms with Gasteiger partial charge in [-0.05, 0) is 75.1 Å². The molecule has 2 heterocycles. The van der Waals surface area contributed by atoms with E-state index in [0.29, 0.717) is 18.1 Å². The summed E-state index contributed by atoms with van der Waals surface area (Å²) in [6.45, 7) is 7.32. The minimum absolute atomic E-state index is 0.00314. The van der Waals surface area contributed by atoms with E-state index in [-0.39, 0.29) is 23.2 Å². The third-order valence-electron chi connectivity index (χ3n) is 5.90. The van der Waals surface area contributed by atoms with Crippen molar-refractivity contribution < 1.29 is 9.18 Å². The molecule has 1 aliphatic heterocycles. The van der Waals surface area contributed by atoms with Crippen molar-refractivity contribution >= 4 is 17.4 Å². The highest BCUT2D eigenvalue weighted by atomic mass is 19.1. The average molecular weight is 435 g/mol. The minimum atomic E-state index is -0.373. The summed E-state index contributed by atoms with van der Waals surface area (Å²) >= 11 is 0. The summed E-state index contributed by atoms with van der Waals surface area (Å²) in [6, 6.07) is 12.9. The molecule has 0 spiro atoms. The molecule has 1 saturated heterocycles. The van der Waals surface area contributed by atoms with Crippen LogP contribution < -0.4 is 15.8 Å². The second-order valence-electron chi connectivity index (χ2n) is 8.47. The number of hydrogen-bond acceptors (Lipinski definition) is 4. The number of carbonyl (C=O) groups is 1. The molecule has 0 bridgehead atoms. The standard InChI is InChI=1S/C25H27FN4O2/c1-16-13-17(2)24(18(3)14-16)27-25(32)19-5-4-12-29(15-19)22-10-11-23(31)30(28-22)21-8-6-20(26)7-9-21/h6-11,13-14,19H,4-5,12,15H2,1-3H3,(H,27,32). The normalized spacial score (nSPS) is 16.1. The molecule has 166 valence electrons. The van der Waals surface area contributed by atoms with Crippen molar-refractivity contribution in [2.75, 3.05) is 23.3 Å². The number of rotatable bonds is 4. The molecule has 4 rings (SSSR count). The maximum atomic E-state index is 13.3. The topological polar surface area (TPSA) is 67.2 Å². The van der Waals surface area contributed by atoms with Gasteiger partial charge in [0.15, 0.2) is 0 Å². The van der Waals surface area contributed by atoms with Gasteiger partial charge in [-0.15, -0.1) is 5.10 Å². The van der Waals surface area contributed by atoms with Gasteiger partial charge in [-0.25, -0.2) is 4.39 Å². The molecular weight excluding hydrogens is 407 g/mol. The van der Waals surface area contributed by atoms with Crippen LogP contribution in [0.2, 0.25) is 0 Å². The Bertz CT molecular complexity index is 1180. The first-order chi connectivity index (χ1) is 15.3. The number of carbonyl (C=O) groups excluding carboxylic acids is 1. The predicted molar refractivity (Wildman–Crippen MR) is 124 cm³/mol. The van der Waals surface area contributed by atoms with E-state index in [4.69, 9.17) is 0 Å². The van der Waals surface area contributed by atoms with Crippen LogP contribution in [-0.2, 0) is 4.79 Å². The van der Waals surface area contributed by atoms with E-state index in [9.17, 15) is 14.0 Å². The molecule has 2 aromatic carbocycles. The lowest BCUT2D eigenvalue weighted by Crippen LogP contribution is -2.42. The van der Waals surface area contributed by atoms with Crippen LogP contribution in [0.3, 0.4) is 0 Å². The molecule has 1 fully saturated rings. The number of halogens is 1. The van der Waals surface area contributed by atoms with Gasteiger partial charge in [-0.3, -0.25) is 9.59 Å². The highest BCUT2D eigenvalue weighted by Gasteiger charge is 2.27. The fraction of sp³-hybridized carbons (Fsp3) is 0.320. The maximum Gasteiger partial charge on any atom is 0.271 e. The van der Waals surface area contributed by atoms with E-state index >= 15 is 0 Å². The number of hydrogen-bond donors (Lipinski definition) is 1. The number of piperidine rings is 1. The molecule has 0 aliphatic carbocycles. The molecule has 1 aliphatic rings. The Balaban J connectivity index is 1.53. The van der Waals surface area contributed by atoms with Crippen molar-refractivity contribution in [3.63, 3.8) is 0 Å². The van der Waals surface area contributed by atoms with Gasteiger partial charge >= 0.3 is 0 Å². The van der Waals surface area contributed by atoms with Crippen molar-refractivity contribution in [1.29, 1.82) is 0 Å². The van der Waals surface area contributed by atoms with E-state index in [0.717, 1.165) is 36.2 Å². The lowest BCUT2D eigenvalue weighted by atomic mass is 9.96. The number of amides is 1. The Morgan fingerprint density at radius 3 is 2.44 bits per heavy atom. The molecule has 1 aromatic heterocycles. The SMILES string of the molecule is Cc1cc(C)c(NC(=O)C2CCCN(c3ccc(=O)n(-c4ccc(F)cc4)n3)C2)c(C)c1. The lowest BCUT2D eigenvalue weighted by molar-refractivity contribution is -0.120. The van der Waals surface area contributed by atoms with Gasteiger partial charge in [0.1, 0.15) is 11.6 Å². The predicted octanol–water partition coefficient (Wildman–Crippen LogP) is 4.15. The van der Waals surface area contributed by atoms with Gasteiger partial charge in [0.25, 0.3) is 5.56 Å². The van der Waals surface area contributed by atoms with Crippen LogP contribution >= 0.6 is 0 Å².